The molecule has 1 aliphatic heterocycles. The first-order valence-corrected chi connectivity index (χ1v) is 7.26. The van der Waals surface area contributed by atoms with E-state index in [1.165, 1.54) is 0 Å². The van der Waals surface area contributed by atoms with Gasteiger partial charge in [-0.3, -0.25) is 4.79 Å². The zero-order valence-corrected chi connectivity index (χ0v) is 12.6. The number of carbonyl (C=O) groups excluding carboxylic acids is 2. The molecule has 0 saturated carbocycles. The van der Waals surface area contributed by atoms with Crippen molar-refractivity contribution in [2.75, 3.05) is 26.7 Å². The zero-order chi connectivity index (χ0) is 14.4. The van der Waals surface area contributed by atoms with E-state index >= 15 is 0 Å². The molecule has 1 N–H and O–H groups in total. The third kappa shape index (κ3) is 4.40. The van der Waals surface area contributed by atoms with Crippen molar-refractivity contribution in [3.05, 3.63) is 0 Å². The van der Waals surface area contributed by atoms with Crippen LogP contribution in [0.2, 0.25) is 0 Å². The SMILES string of the molecule is CCNC(=O)N(C)[C@@H](CC(C)C)C(=O)N1CCCC1. The molecule has 1 fully saturated rings. The number of amides is 3. The Morgan fingerprint density at radius 3 is 2.32 bits per heavy atom. The van der Waals surface area contributed by atoms with Gasteiger partial charge in [-0.05, 0) is 32.1 Å². The quantitative estimate of drug-likeness (QED) is 0.825. The van der Waals surface area contributed by atoms with Crippen LogP contribution >= 0.6 is 0 Å². The Balaban J connectivity index is 2.74. The smallest absolute Gasteiger partial charge is 0.317 e. The number of likely N-dealkylation sites (N-methyl/N-ethyl adjacent to an activating group) is 1. The molecule has 110 valence electrons. The topological polar surface area (TPSA) is 52.7 Å². The van der Waals surface area contributed by atoms with Gasteiger partial charge in [0.15, 0.2) is 0 Å². The van der Waals surface area contributed by atoms with Crippen LogP contribution in [0.15, 0.2) is 0 Å². The van der Waals surface area contributed by atoms with Crippen LogP contribution < -0.4 is 5.32 Å². The van der Waals surface area contributed by atoms with Crippen LogP contribution in [-0.2, 0) is 4.79 Å². The summed E-state index contributed by atoms with van der Waals surface area (Å²) in [6.07, 6.45) is 2.86. The Kier molecular flexibility index (Phi) is 6.12. The van der Waals surface area contributed by atoms with Crippen LogP contribution in [0.25, 0.3) is 0 Å². The minimum atomic E-state index is -0.343. The predicted octanol–water partition coefficient (Wildman–Crippen LogP) is 1.68. The Morgan fingerprint density at radius 1 is 1.26 bits per heavy atom. The lowest BCUT2D eigenvalue weighted by Gasteiger charge is -2.31. The fourth-order valence-corrected chi connectivity index (χ4v) is 2.44. The molecule has 5 nitrogen and oxygen atoms in total. The van der Waals surface area contributed by atoms with Crippen LogP contribution in [0.3, 0.4) is 0 Å². The molecule has 0 unspecified atom stereocenters. The van der Waals surface area contributed by atoms with E-state index in [4.69, 9.17) is 0 Å². The molecule has 0 aliphatic carbocycles. The fourth-order valence-electron chi connectivity index (χ4n) is 2.44. The number of nitrogens with zero attached hydrogens (tertiary/aromatic N) is 2. The Morgan fingerprint density at radius 2 is 1.84 bits per heavy atom. The lowest BCUT2D eigenvalue weighted by molar-refractivity contribution is -0.135. The molecule has 0 bridgehead atoms. The predicted molar refractivity (Wildman–Crippen MR) is 75.9 cm³/mol. The Bertz CT molecular complexity index is 312. The molecular formula is C14H27N3O2. The number of hydrogen-bond acceptors (Lipinski definition) is 2. The number of rotatable bonds is 5. The van der Waals surface area contributed by atoms with Gasteiger partial charge < -0.3 is 15.1 Å². The van der Waals surface area contributed by atoms with Gasteiger partial charge in [-0.25, -0.2) is 4.79 Å². The molecule has 0 spiro atoms. The van der Waals surface area contributed by atoms with Crippen molar-refractivity contribution in [3.8, 4) is 0 Å². The second-order valence-corrected chi connectivity index (χ2v) is 5.62. The molecule has 1 heterocycles. The molecule has 1 atom stereocenters. The van der Waals surface area contributed by atoms with Gasteiger partial charge in [0.2, 0.25) is 5.91 Å². The van der Waals surface area contributed by atoms with Crippen LogP contribution in [0.4, 0.5) is 4.79 Å². The van der Waals surface area contributed by atoms with E-state index in [1.54, 1.807) is 11.9 Å². The van der Waals surface area contributed by atoms with Crippen LogP contribution in [-0.4, -0.2) is 54.5 Å². The van der Waals surface area contributed by atoms with E-state index < -0.39 is 0 Å². The second-order valence-electron chi connectivity index (χ2n) is 5.62. The first-order chi connectivity index (χ1) is 8.97. The van der Waals surface area contributed by atoms with Crippen molar-refractivity contribution >= 4 is 11.9 Å². The molecule has 19 heavy (non-hydrogen) atoms. The normalized spacial score (nSPS) is 16.6. The average molecular weight is 269 g/mol. The van der Waals surface area contributed by atoms with E-state index in [0.29, 0.717) is 18.9 Å². The van der Waals surface area contributed by atoms with Crippen molar-refractivity contribution in [2.45, 2.75) is 46.1 Å². The summed E-state index contributed by atoms with van der Waals surface area (Å²) in [4.78, 5) is 27.9. The van der Waals surface area contributed by atoms with Crippen molar-refractivity contribution in [1.29, 1.82) is 0 Å². The van der Waals surface area contributed by atoms with Crippen molar-refractivity contribution < 1.29 is 9.59 Å². The van der Waals surface area contributed by atoms with Gasteiger partial charge in [0.25, 0.3) is 0 Å². The maximum atomic E-state index is 12.5. The maximum Gasteiger partial charge on any atom is 0.317 e. The van der Waals surface area contributed by atoms with Crippen LogP contribution in [0.5, 0.6) is 0 Å². The molecule has 0 aromatic heterocycles. The zero-order valence-electron chi connectivity index (χ0n) is 12.6. The highest BCUT2D eigenvalue weighted by Crippen LogP contribution is 2.17. The lowest BCUT2D eigenvalue weighted by atomic mass is 10.0. The van der Waals surface area contributed by atoms with Crippen molar-refractivity contribution in [1.82, 2.24) is 15.1 Å². The van der Waals surface area contributed by atoms with Crippen LogP contribution in [0, 0.1) is 5.92 Å². The number of likely N-dealkylation sites (tertiary alicyclic amines) is 1. The highest BCUT2D eigenvalue weighted by molar-refractivity contribution is 5.87. The summed E-state index contributed by atoms with van der Waals surface area (Å²) in [7, 11) is 1.71. The molecule has 3 amide bonds. The average Bonchev–Trinajstić information content (AvgIpc) is 2.88. The Labute approximate surface area is 116 Å². The monoisotopic (exact) mass is 269 g/mol. The highest BCUT2D eigenvalue weighted by Gasteiger charge is 2.32. The first kappa shape index (κ1) is 15.8. The minimum absolute atomic E-state index is 0.0972. The van der Waals surface area contributed by atoms with Crippen molar-refractivity contribution in [3.63, 3.8) is 0 Å². The van der Waals surface area contributed by atoms with E-state index in [9.17, 15) is 9.59 Å². The molecule has 1 saturated heterocycles. The molecule has 1 rings (SSSR count). The maximum absolute atomic E-state index is 12.5. The molecule has 0 aromatic rings. The van der Waals surface area contributed by atoms with Gasteiger partial charge in [0, 0.05) is 26.7 Å². The minimum Gasteiger partial charge on any atom is -0.341 e. The Hall–Kier alpha value is -1.26. The highest BCUT2D eigenvalue weighted by atomic mass is 16.2. The summed E-state index contributed by atoms with van der Waals surface area (Å²) in [5, 5.41) is 2.76. The third-order valence-electron chi connectivity index (χ3n) is 3.51. The number of nitrogens with one attached hydrogen (secondary N) is 1. The van der Waals surface area contributed by atoms with Crippen LogP contribution in [0.1, 0.15) is 40.0 Å². The van der Waals surface area contributed by atoms with E-state index in [2.05, 4.69) is 19.2 Å². The summed E-state index contributed by atoms with van der Waals surface area (Å²) in [5.41, 5.74) is 0. The van der Waals surface area contributed by atoms with Gasteiger partial charge in [0.1, 0.15) is 6.04 Å². The largest absolute Gasteiger partial charge is 0.341 e. The van der Waals surface area contributed by atoms with Gasteiger partial charge in [0.05, 0.1) is 0 Å². The standard InChI is InChI=1S/C14H27N3O2/c1-5-15-14(19)16(4)12(10-11(2)3)13(18)17-8-6-7-9-17/h11-12H,5-10H2,1-4H3,(H,15,19)/t12-/m0/s1. The molecule has 0 radical (unpaired) electrons. The second kappa shape index (κ2) is 7.36. The fraction of sp³-hybridized carbons (Fsp3) is 0.857. The summed E-state index contributed by atoms with van der Waals surface area (Å²) in [6, 6.07) is -0.509. The van der Waals surface area contributed by atoms with Crippen molar-refractivity contribution in [2.24, 2.45) is 5.92 Å². The summed E-state index contributed by atoms with van der Waals surface area (Å²) in [5.74, 6) is 0.480. The lowest BCUT2D eigenvalue weighted by Crippen LogP contribution is -2.52. The van der Waals surface area contributed by atoms with E-state index in [1.807, 2.05) is 11.8 Å². The molecule has 1 aliphatic rings. The van der Waals surface area contributed by atoms with E-state index in [0.717, 1.165) is 25.9 Å². The van der Waals surface area contributed by atoms with E-state index in [-0.39, 0.29) is 18.0 Å². The number of carbonyl (C=O) groups is 2. The number of urea groups is 1. The van der Waals surface area contributed by atoms with Gasteiger partial charge in [-0.15, -0.1) is 0 Å². The summed E-state index contributed by atoms with van der Waals surface area (Å²) >= 11 is 0. The number of hydrogen-bond donors (Lipinski definition) is 1. The third-order valence-corrected chi connectivity index (χ3v) is 3.51. The summed E-state index contributed by atoms with van der Waals surface area (Å²) < 4.78 is 0. The molecule has 5 heteroatoms. The first-order valence-electron chi connectivity index (χ1n) is 7.26. The summed E-state index contributed by atoms with van der Waals surface area (Å²) in [6.45, 7) is 8.28. The van der Waals surface area contributed by atoms with Gasteiger partial charge in [-0.1, -0.05) is 13.8 Å². The van der Waals surface area contributed by atoms with Gasteiger partial charge >= 0.3 is 6.03 Å². The van der Waals surface area contributed by atoms with Gasteiger partial charge in [-0.2, -0.15) is 0 Å². The molecule has 0 aromatic carbocycles. The molecular weight excluding hydrogens is 242 g/mol.